The number of hydrogen-bond donors (Lipinski definition) is 1. The van der Waals surface area contributed by atoms with Gasteiger partial charge in [0.15, 0.2) is 0 Å². The van der Waals surface area contributed by atoms with Gasteiger partial charge in [-0.1, -0.05) is 12.1 Å². The Bertz CT molecular complexity index is 678. The molecule has 0 saturated carbocycles. The number of aromatic carboxylic acids is 1. The summed E-state index contributed by atoms with van der Waals surface area (Å²) >= 11 is 1.41. The number of nitrogens with zero attached hydrogens (tertiary/aromatic N) is 2. The second-order valence-corrected chi connectivity index (χ2v) is 4.75. The molecule has 0 aliphatic rings. The molecule has 2 aromatic rings. The fourth-order valence-electron chi connectivity index (χ4n) is 1.51. The van der Waals surface area contributed by atoms with Gasteiger partial charge in [-0.25, -0.2) is 9.78 Å². The Morgan fingerprint density at radius 1 is 1.42 bits per heavy atom. The van der Waals surface area contributed by atoms with Crippen LogP contribution in [0.15, 0.2) is 29.6 Å². The van der Waals surface area contributed by atoms with E-state index in [1.165, 1.54) is 23.5 Å². The van der Waals surface area contributed by atoms with Crippen molar-refractivity contribution in [1.82, 2.24) is 4.98 Å². The lowest BCUT2D eigenvalue weighted by atomic mass is 10.1. The summed E-state index contributed by atoms with van der Waals surface area (Å²) < 4.78 is 0. The van der Waals surface area contributed by atoms with Crippen molar-refractivity contribution >= 4 is 29.0 Å². The van der Waals surface area contributed by atoms with Crippen LogP contribution in [0.5, 0.6) is 0 Å². The lowest BCUT2D eigenvalue weighted by Gasteiger charge is -1.97. The molecular formula is C14H10N2O2S. The van der Waals surface area contributed by atoms with Crippen molar-refractivity contribution < 1.29 is 9.90 Å². The van der Waals surface area contributed by atoms with Gasteiger partial charge < -0.3 is 5.11 Å². The lowest BCUT2D eigenvalue weighted by Crippen LogP contribution is -1.94. The van der Waals surface area contributed by atoms with E-state index in [0.29, 0.717) is 10.6 Å². The van der Waals surface area contributed by atoms with E-state index in [1.807, 2.05) is 12.3 Å². The molecule has 2 rings (SSSR count). The van der Waals surface area contributed by atoms with Crippen LogP contribution < -0.4 is 0 Å². The number of aryl methyl sites for hydroxylation is 1. The maximum absolute atomic E-state index is 10.7. The van der Waals surface area contributed by atoms with Crippen LogP contribution in [0.1, 0.15) is 26.6 Å². The molecule has 0 aliphatic carbocycles. The summed E-state index contributed by atoms with van der Waals surface area (Å²) in [6.07, 6.45) is 1.70. The number of thiazole rings is 1. The average Bonchev–Trinajstić information content (AvgIpc) is 2.83. The highest BCUT2D eigenvalue weighted by atomic mass is 32.1. The molecule has 0 aliphatic heterocycles. The number of allylic oxidation sites excluding steroid dienone is 1. The molecule has 1 aromatic heterocycles. The van der Waals surface area contributed by atoms with Crippen LogP contribution in [0.25, 0.3) is 11.6 Å². The summed E-state index contributed by atoms with van der Waals surface area (Å²) in [5, 5.41) is 20.5. The molecule has 1 N–H and O–H groups in total. The van der Waals surface area contributed by atoms with Crippen molar-refractivity contribution in [1.29, 1.82) is 5.26 Å². The van der Waals surface area contributed by atoms with Crippen LogP contribution in [0.3, 0.4) is 0 Å². The van der Waals surface area contributed by atoms with E-state index in [1.54, 1.807) is 18.2 Å². The van der Waals surface area contributed by atoms with Crippen LogP contribution >= 0.6 is 11.3 Å². The van der Waals surface area contributed by atoms with Crippen molar-refractivity contribution in [3.63, 3.8) is 0 Å². The van der Waals surface area contributed by atoms with Crippen LogP contribution in [-0.4, -0.2) is 16.1 Å². The van der Waals surface area contributed by atoms with Crippen molar-refractivity contribution in [2.75, 3.05) is 0 Å². The number of carbonyl (C=O) groups is 1. The molecular weight excluding hydrogens is 260 g/mol. The van der Waals surface area contributed by atoms with E-state index in [9.17, 15) is 4.79 Å². The first kappa shape index (κ1) is 13.0. The Hall–Kier alpha value is -2.45. The zero-order valence-electron chi connectivity index (χ0n) is 10.1. The molecule has 0 fully saturated rings. The Morgan fingerprint density at radius 2 is 2.11 bits per heavy atom. The van der Waals surface area contributed by atoms with Gasteiger partial charge in [0, 0.05) is 11.1 Å². The molecule has 0 atom stereocenters. The van der Waals surface area contributed by atoms with Gasteiger partial charge in [-0.2, -0.15) is 5.26 Å². The van der Waals surface area contributed by atoms with Gasteiger partial charge in [-0.05, 0) is 30.7 Å². The van der Waals surface area contributed by atoms with E-state index < -0.39 is 5.97 Å². The summed E-state index contributed by atoms with van der Waals surface area (Å²) in [6, 6.07) is 8.47. The Balaban J connectivity index is 2.33. The lowest BCUT2D eigenvalue weighted by molar-refractivity contribution is 0.0697. The summed E-state index contributed by atoms with van der Waals surface area (Å²) in [6.45, 7) is 1.87. The van der Waals surface area contributed by atoms with E-state index in [4.69, 9.17) is 10.4 Å². The van der Waals surface area contributed by atoms with Gasteiger partial charge in [-0.3, -0.25) is 0 Å². The third kappa shape index (κ3) is 3.06. The molecule has 0 spiro atoms. The number of rotatable bonds is 3. The number of carboxylic acids is 1. The second kappa shape index (κ2) is 5.46. The number of nitriles is 1. The summed E-state index contributed by atoms with van der Waals surface area (Å²) in [4.78, 5) is 15.0. The molecule has 94 valence electrons. The Morgan fingerprint density at radius 3 is 2.58 bits per heavy atom. The van der Waals surface area contributed by atoms with Gasteiger partial charge in [-0.15, -0.1) is 11.3 Å². The third-order valence-electron chi connectivity index (χ3n) is 2.44. The third-order valence-corrected chi connectivity index (χ3v) is 3.43. The summed E-state index contributed by atoms with van der Waals surface area (Å²) in [5.41, 5.74) is 2.35. The minimum atomic E-state index is -0.966. The maximum atomic E-state index is 10.7. The van der Waals surface area contributed by atoms with Gasteiger partial charge in [0.25, 0.3) is 0 Å². The SMILES string of the molecule is Cc1csc(C(C#N)=Cc2ccc(C(=O)O)cc2)n1. The molecule has 19 heavy (non-hydrogen) atoms. The summed E-state index contributed by atoms with van der Waals surface area (Å²) in [5.74, 6) is -0.966. The van der Waals surface area contributed by atoms with Crippen molar-refractivity contribution in [2.45, 2.75) is 6.92 Å². The molecule has 0 radical (unpaired) electrons. The zero-order valence-corrected chi connectivity index (χ0v) is 10.9. The van der Waals surface area contributed by atoms with Crippen LogP contribution in [0.4, 0.5) is 0 Å². The number of carboxylic acid groups (broad SMARTS) is 1. The first-order valence-electron chi connectivity index (χ1n) is 5.48. The first-order valence-corrected chi connectivity index (χ1v) is 6.36. The Kier molecular flexibility index (Phi) is 3.74. The van der Waals surface area contributed by atoms with Gasteiger partial charge in [0.1, 0.15) is 11.1 Å². The minimum absolute atomic E-state index is 0.223. The largest absolute Gasteiger partial charge is 0.478 e. The quantitative estimate of drug-likeness (QED) is 0.869. The monoisotopic (exact) mass is 270 g/mol. The van der Waals surface area contributed by atoms with Crippen molar-refractivity contribution in [2.24, 2.45) is 0 Å². The van der Waals surface area contributed by atoms with Crippen molar-refractivity contribution in [3.8, 4) is 6.07 Å². The maximum Gasteiger partial charge on any atom is 0.335 e. The van der Waals surface area contributed by atoms with E-state index >= 15 is 0 Å². The first-order chi connectivity index (χ1) is 9.10. The molecule has 0 bridgehead atoms. The topological polar surface area (TPSA) is 74.0 Å². The predicted octanol–water partition coefficient (Wildman–Crippen LogP) is 3.21. The van der Waals surface area contributed by atoms with E-state index in [-0.39, 0.29) is 5.56 Å². The molecule has 1 heterocycles. The van der Waals surface area contributed by atoms with E-state index in [0.717, 1.165) is 11.3 Å². The van der Waals surface area contributed by atoms with Crippen LogP contribution in [0, 0.1) is 18.3 Å². The van der Waals surface area contributed by atoms with Crippen molar-refractivity contribution in [3.05, 3.63) is 51.5 Å². The molecule has 4 nitrogen and oxygen atoms in total. The van der Waals surface area contributed by atoms with Gasteiger partial charge >= 0.3 is 5.97 Å². The highest BCUT2D eigenvalue weighted by Crippen LogP contribution is 2.21. The molecule has 1 aromatic carbocycles. The molecule has 0 amide bonds. The van der Waals surface area contributed by atoms with E-state index in [2.05, 4.69) is 11.1 Å². The highest BCUT2D eigenvalue weighted by Gasteiger charge is 2.06. The smallest absolute Gasteiger partial charge is 0.335 e. The fourth-order valence-corrected chi connectivity index (χ4v) is 2.27. The van der Waals surface area contributed by atoms with Gasteiger partial charge in [0.2, 0.25) is 0 Å². The molecule has 0 unspecified atom stereocenters. The number of hydrogen-bond acceptors (Lipinski definition) is 4. The average molecular weight is 270 g/mol. The second-order valence-electron chi connectivity index (χ2n) is 3.89. The molecule has 0 saturated heterocycles. The highest BCUT2D eigenvalue weighted by molar-refractivity contribution is 7.11. The number of benzene rings is 1. The standard InChI is InChI=1S/C14H10N2O2S/c1-9-8-19-13(16-9)12(7-15)6-10-2-4-11(5-3-10)14(17)18/h2-6,8H,1H3,(H,17,18). The predicted molar refractivity (Wildman–Crippen MR) is 73.7 cm³/mol. The van der Waals surface area contributed by atoms with Crippen LogP contribution in [0.2, 0.25) is 0 Å². The fraction of sp³-hybridized carbons (Fsp3) is 0.0714. The zero-order chi connectivity index (χ0) is 13.8. The molecule has 5 heteroatoms. The summed E-state index contributed by atoms with van der Waals surface area (Å²) in [7, 11) is 0. The normalized spacial score (nSPS) is 11.1. The van der Waals surface area contributed by atoms with Crippen LogP contribution in [-0.2, 0) is 0 Å². The minimum Gasteiger partial charge on any atom is -0.478 e. The van der Waals surface area contributed by atoms with Gasteiger partial charge in [0.05, 0.1) is 11.1 Å². The Labute approximate surface area is 114 Å². The number of aromatic nitrogens is 1.